The molecule has 1 rings (SSSR count). The molecule has 0 saturated carbocycles. The number of anilines is 1. The zero-order chi connectivity index (χ0) is 13.1. The minimum Gasteiger partial charge on any atom is -0.324 e. The maximum Gasteiger partial charge on any atom is 0.416 e. The summed E-state index contributed by atoms with van der Waals surface area (Å²) in [6.45, 7) is 5.07. The van der Waals surface area contributed by atoms with E-state index in [1.807, 2.05) is 0 Å². The summed E-state index contributed by atoms with van der Waals surface area (Å²) >= 11 is 0. The first-order chi connectivity index (χ1) is 7.88. The second kappa shape index (κ2) is 5.09. The lowest BCUT2D eigenvalue weighted by molar-refractivity contribution is -0.200. The molecule has 0 amide bonds. The smallest absolute Gasteiger partial charge is 0.324 e. The van der Waals surface area contributed by atoms with Gasteiger partial charge in [0.2, 0.25) is 5.88 Å². The highest BCUT2D eigenvalue weighted by atomic mass is 19.4. The Balaban J connectivity index is 3.11. The number of halogens is 3. The molecule has 0 bridgehead atoms. The van der Waals surface area contributed by atoms with Crippen LogP contribution in [-0.4, -0.2) is 5.26 Å². The SMILES string of the molecule is C=C(Nc1cc(C(F)(F)F)ccc1CC)OO. The van der Waals surface area contributed by atoms with Crippen molar-refractivity contribution in [1.29, 1.82) is 0 Å². The summed E-state index contributed by atoms with van der Waals surface area (Å²) in [4.78, 5) is 3.79. The number of aryl methyl sites for hydroxylation is 1. The molecule has 0 radical (unpaired) electrons. The van der Waals surface area contributed by atoms with Crippen LogP contribution in [0.4, 0.5) is 18.9 Å². The highest BCUT2D eigenvalue weighted by Gasteiger charge is 2.30. The minimum atomic E-state index is -4.41. The zero-order valence-corrected chi connectivity index (χ0v) is 9.14. The van der Waals surface area contributed by atoms with Gasteiger partial charge >= 0.3 is 6.18 Å². The fourth-order valence-corrected chi connectivity index (χ4v) is 1.35. The van der Waals surface area contributed by atoms with Gasteiger partial charge in [0.05, 0.1) is 5.56 Å². The van der Waals surface area contributed by atoms with E-state index < -0.39 is 11.7 Å². The van der Waals surface area contributed by atoms with Gasteiger partial charge in [-0.3, -0.25) is 0 Å². The summed E-state index contributed by atoms with van der Waals surface area (Å²) < 4.78 is 37.5. The van der Waals surface area contributed by atoms with Gasteiger partial charge in [-0.15, -0.1) is 0 Å². The van der Waals surface area contributed by atoms with Crippen LogP contribution >= 0.6 is 0 Å². The van der Waals surface area contributed by atoms with E-state index in [0.717, 1.165) is 12.1 Å². The first-order valence-electron chi connectivity index (χ1n) is 4.86. The lowest BCUT2D eigenvalue weighted by Gasteiger charge is -2.14. The monoisotopic (exact) mass is 247 g/mol. The molecule has 0 unspecified atom stereocenters. The molecule has 94 valence electrons. The van der Waals surface area contributed by atoms with Gasteiger partial charge in [-0.25, -0.2) is 5.26 Å². The van der Waals surface area contributed by atoms with Crippen molar-refractivity contribution in [2.75, 3.05) is 5.32 Å². The van der Waals surface area contributed by atoms with E-state index in [1.165, 1.54) is 6.07 Å². The average Bonchev–Trinajstić information content (AvgIpc) is 2.27. The van der Waals surface area contributed by atoms with Crippen LogP contribution in [0.3, 0.4) is 0 Å². The maximum atomic E-state index is 12.5. The highest BCUT2D eigenvalue weighted by molar-refractivity contribution is 5.56. The van der Waals surface area contributed by atoms with Gasteiger partial charge in [0.15, 0.2) is 0 Å². The Kier molecular flexibility index (Phi) is 4.01. The summed E-state index contributed by atoms with van der Waals surface area (Å²) in [7, 11) is 0. The number of nitrogens with one attached hydrogen (secondary N) is 1. The number of hydrogen-bond acceptors (Lipinski definition) is 3. The van der Waals surface area contributed by atoms with Gasteiger partial charge in [-0.05, 0) is 30.7 Å². The Morgan fingerprint density at radius 3 is 2.59 bits per heavy atom. The Bertz CT molecular complexity index is 416. The molecule has 0 aliphatic heterocycles. The van der Waals surface area contributed by atoms with Gasteiger partial charge < -0.3 is 10.2 Å². The van der Waals surface area contributed by atoms with Crippen LogP contribution in [0.25, 0.3) is 0 Å². The first-order valence-corrected chi connectivity index (χ1v) is 4.86. The van der Waals surface area contributed by atoms with E-state index >= 15 is 0 Å². The van der Waals surface area contributed by atoms with Crippen molar-refractivity contribution in [2.45, 2.75) is 19.5 Å². The molecular weight excluding hydrogens is 235 g/mol. The Labute approximate surface area is 96.5 Å². The third-order valence-electron chi connectivity index (χ3n) is 2.20. The van der Waals surface area contributed by atoms with Gasteiger partial charge in [-0.2, -0.15) is 13.2 Å². The predicted molar refractivity (Wildman–Crippen MR) is 57.3 cm³/mol. The second-order valence-corrected chi connectivity index (χ2v) is 3.36. The van der Waals surface area contributed by atoms with Crippen LogP contribution in [-0.2, 0) is 17.5 Å². The molecule has 0 heterocycles. The Morgan fingerprint density at radius 2 is 2.12 bits per heavy atom. The quantitative estimate of drug-likeness (QED) is 0.485. The Morgan fingerprint density at radius 1 is 1.47 bits per heavy atom. The summed E-state index contributed by atoms with van der Waals surface area (Å²) in [6, 6.07) is 3.32. The van der Waals surface area contributed by atoms with Crippen molar-refractivity contribution in [1.82, 2.24) is 0 Å². The third kappa shape index (κ3) is 3.39. The summed E-state index contributed by atoms with van der Waals surface area (Å²) in [5, 5.41) is 10.8. The summed E-state index contributed by atoms with van der Waals surface area (Å²) in [5.41, 5.74) is 0.0977. The van der Waals surface area contributed by atoms with Gasteiger partial charge in [0.25, 0.3) is 0 Å². The van der Waals surface area contributed by atoms with E-state index in [4.69, 9.17) is 5.26 Å². The van der Waals surface area contributed by atoms with Crippen molar-refractivity contribution in [3.8, 4) is 0 Å². The van der Waals surface area contributed by atoms with Crippen LogP contribution in [0.1, 0.15) is 18.1 Å². The van der Waals surface area contributed by atoms with E-state index in [0.29, 0.717) is 12.0 Å². The topological polar surface area (TPSA) is 41.5 Å². The lowest BCUT2D eigenvalue weighted by Crippen LogP contribution is -2.08. The van der Waals surface area contributed by atoms with Gasteiger partial charge in [-0.1, -0.05) is 13.0 Å². The van der Waals surface area contributed by atoms with Crippen LogP contribution < -0.4 is 5.32 Å². The van der Waals surface area contributed by atoms with Crippen molar-refractivity contribution in [2.24, 2.45) is 0 Å². The number of hydrogen-bond donors (Lipinski definition) is 2. The summed E-state index contributed by atoms with van der Waals surface area (Å²) in [6.07, 6.45) is -3.87. The van der Waals surface area contributed by atoms with Crippen LogP contribution in [0, 0.1) is 0 Å². The molecule has 0 atom stereocenters. The van der Waals surface area contributed by atoms with E-state index in [9.17, 15) is 13.2 Å². The number of benzene rings is 1. The fourth-order valence-electron chi connectivity index (χ4n) is 1.35. The lowest BCUT2D eigenvalue weighted by atomic mass is 10.1. The van der Waals surface area contributed by atoms with Crippen molar-refractivity contribution in [3.05, 3.63) is 41.8 Å². The van der Waals surface area contributed by atoms with Crippen LogP contribution in [0.2, 0.25) is 0 Å². The molecule has 0 aliphatic carbocycles. The molecule has 17 heavy (non-hydrogen) atoms. The van der Waals surface area contributed by atoms with Crippen molar-refractivity contribution >= 4 is 5.69 Å². The molecule has 2 N–H and O–H groups in total. The van der Waals surface area contributed by atoms with E-state index in [-0.39, 0.29) is 11.6 Å². The molecule has 3 nitrogen and oxygen atoms in total. The maximum absolute atomic E-state index is 12.5. The second-order valence-electron chi connectivity index (χ2n) is 3.36. The largest absolute Gasteiger partial charge is 0.416 e. The van der Waals surface area contributed by atoms with Crippen LogP contribution in [0.5, 0.6) is 0 Å². The third-order valence-corrected chi connectivity index (χ3v) is 2.20. The first kappa shape index (κ1) is 13.4. The normalized spacial score (nSPS) is 11.1. The predicted octanol–water partition coefficient (Wildman–Crippen LogP) is 3.64. The summed E-state index contributed by atoms with van der Waals surface area (Å²) in [5.74, 6) is -0.237. The average molecular weight is 247 g/mol. The van der Waals surface area contributed by atoms with Crippen molar-refractivity contribution < 1.29 is 23.3 Å². The minimum absolute atomic E-state index is 0.210. The molecule has 0 fully saturated rings. The highest BCUT2D eigenvalue weighted by Crippen LogP contribution is 2.32. The van der Waals surface area contributed by atoms with Crippen molar-refractivity contribution in [3.63, 3.8) is 0 Å². The standard InChI is InChI=1S/C11H12F3NO2/c1-3-8-4-5-9(11(12,13)14)6-10(8)15-7(2)17-16/h4-6,15-16H,2-3H2,1H3. The van der Waals surface area contributed by atoms with Crippen LogP contribution in [0.15, 0.2) is 30.7 Å². The fraction of sp³-hybridized carbons (Fsp3) is 0.273. The van der Waals surface area contributed by atoms with Gasteiger partial charge in [0.1, 0.15) is 0 Å². The zero-order valence-electron chi connectivity index (χ0n) is 9.14. The van der Waals surface area contributed by atoms with E-state index in [2.05, 4.69) is 16.8 Å². The molecule has 6 heteroatoms. The molecule has 0 saturated heterocycles. The Hall–Kier alpha value is -1.69. The molecule has 0 aliphatic rings. The molecule has 0 aromatic heterocycles. The molecular formula is C11H12F3NO2. The number of alkyl halides is 3. The molecule has 0 spiro atoms. The molecule has 1 aromatic carbocycles. The molecule has 1 aromatic rings. The van der Waals surface area contributed by atoms with Gasteiger partial charge in [0, 0.05) is 5.69 Å². The van der Waals surface area contributed by atoms with E-state index in [1.54, 1.807) is 6.92 Å². The number of rotatable bonds is 4.